The molecule has 3 saturated heterocycles. The first-order valence-corrected chi connectivity index (χ1v) is 13.1. The highest BCUT2D eigenvalue weighted by atomic mass is 16.5. The first-order chi connectivity index (χ1) is 17.8. The van der Waals surface area contributed by atoms with Crippen LogP contribution < -0.4 is 10.6 Å². The van der Waals surface area contributed by atoms with Crippen LogP contribution in [0.4, 0.5) is 5.69 Å². The molecule has 3 aliphatic heterocycles. The smallest absolute Gasteiger partial charge is 0.250 e. The topological polar surface area (TPSA) is 108 Å². The highest BCUT2D eigenvalue weighted by Crippen LogP contribution is 2.59. The molecule has 0 radical (unpaired) electrons. The second kappa shape index (κ2) is 9.91. The molecule has 0 aliphatic carbocycles. The van der Waals surface area contributed by atoms with E-state index in [2.05, 4.69) is 10.6 Å². The molecule has 2 bridgehead atoms. The van der Waals surface area contributed by atoms with Crippen LogP contribution in [0.15, 0.2) is 48.5 Å². The number of hydrogen-bond donors (Lipinski definition) is 3. The molecule has 3 fully saturated rings. The monoisotopic (exact) mass is 505 g/mol. The molecule has 3 aliphatic rings. The summed E-state index contributed by atoms with van der Waals surface area (Å²) < 4.78 is 6.49. The molecule has 2 aromatic rings. The summed E-state index contributed by atoms with van der Waals surface area (Å²) in [6.07, 6.45) is 1.47. The van der Waals surface area contributed by atoms with Crippen molar-refractivity contribution in [1.29, 1.82) is 0 Å². The third-order valence-electron chi connectivity index (χ3n) is 8.26. The molecule has 8 heteroatoms. The number of nitrogens with one attached hydrogen (secondary N) is 2. The second-order valence-electron chi connectivity index (χ2n) is 10.5. The first-order valence-electron chi connectivity index (χ1n) is 13.1. The third-order valence-corrected chi connectivity index (χ3v) is 8.26. The van der Waals surface area contributed by atoms with Crippen molar-refractivity contribution in [3.63, 3.8) is 0 Å². The van der Waals surface area contributed by atoms with Gasteiger partial charge in [0.15, 0.2) is 0 Å². The molecule has 5 rings (SSSR count). The van der Waals surface area contributed by atoms with Crippen molar-refractivity contribution in [2.75, 3.05) is 18.5 Å². The minimum absolute atomic E-state index is 0.206. The highest BCUT2D eigenvalue weighted by Gasteiger charge is 2.75. The number of fused-ring (bicyclic) bond motifs is 1. The molecule has 37 heavy (non-hydrogen) atoms. The number of ether oxygens (including phenoxy) is 1. The quantitative estimate of drug-likeness (QED) is 0.511. The normalized spacial score (nSPS) is 28.8. The fraction of sp³-hybridized carbons (Fsp3) is 0.483. The van der Waals surface area contributed by atoms with Crippen LogP contribution >= 0.6 is 0 Å². The Morgan fingerprint density at radius 3 is 2.46 bits per heavy atom. The average Bonchev–Trinajstić information content (AvgIpc) is 3.54. The lowest BCUT2D eigenvalue weighted by molar-refractivity contribution is -0.144. The van der Waals surface area contributed by atoms with Gasteiger partial charge in [-0.15, -0.1) is 0 Å². The van der Waals surface area contributed by atoms with Crippen molar-refractivity contribution in [3.05, 3.63) is 65.2 Å². The fourth-order valence-electron chi connectivity index (χ4n) is 6.63. The second-order valence-corrected chi connectivity index (χ2v) is 10.5. The van der Waals surface area contributed by atoms with Crippen molar-refractivity contribution in [2.45, 2.75) is 63.8 Å². The van der Waals surface area contributed by atoms with Crippen LogP contribution in [-0.4, -0.2) is 58.6 Å². The van der Waals surface area contributed by atoms with Crippen molar-refractivity contribution >= 4 is 23.4 Å². The molecule has 1 spiro atoms. The summed E-state index contributed by atoms with van der Waals surface area (Å²) in [5, 5.41) is 16.5. The van der Waals surface area contributed by atoms with Crippen molar-refractivity contribution in [2.24, 2.45) is 11.8 Å². The van der Waals surface area contributed by atoms with Gasteiger partial charge in [-0.3, -0.25) is 14.4 Å². The Balaban J connectivity index is 1.59. The van der Waals surface area contributed by atoms with E-state index in [4.69, 9.17) is 4.74 Å². The Kier molecular flexibility index (Phi) is 6.81. The van der Waals surface area contributed by atoms with Gasteiger partial charge in [0.05, 0.1) is 30.6 Å². The predicted octanol–water partition coefficient (Wildman–Crippen LogP) is 2.88. The molecular weight excluding hydrogens is 470 g/mol. The number of carbonyl (C=O) groups excluding carboxylic acids is 3. The molecule has 3 N–H and O–H groups in total. The van der Waals surface area contributed by atoms with Crippen molar-refractivity contribution in [1.82, 2.24) is 10.2 Å². The summed E-state index contributed by atoms with van der Waals surface area (Å²) >= 11 is 0. The van der Waals surface area contributed by atoms with E-state index < -0.39 is 35.6 Å². The van der Waals surface area contributed by atoms with E-state index in [1.165, 1.54) is 4.90 Å². The zero-order chi connectivity index (χ0) is 26.3. The fourth-order valence-corrected chi connectivity index (χ4v) is 6.63. The average molecular weight is 506 g/mol. The van der Waals surface area contributed by atoms with E-state index in [1.807, 2.05) is 69.3 Å². The lowest BCUT2D eigenvalue weighted by Gasteiger charge is -2.37. The van der Waals surface area contributed by atoms with Gasteiger partial charge in [0.25, 0.3) is 0 Å². The van der Waals surface area contributed by atoms with Crippen LogP contribution in [0.1, 0.15) is 48.9 Å². The van der Waals surface area contributed by atoms with Crippen LogP contribution in [0.2, 0.25) is 0 Å². The van der Waals surface area contributed by atoms with Gasteiger partial charge in [0, 0.05) is 12.2 Å². The maximum atomic E-state index is 14.2. The number of amides is 3. The number of aryl methyl sites for hydroxylation is 2. The van der Waals surface area contributed by atoms with Gasteiger partial charge in [0.1, 0.15) is 11.6 Å². The van der Waals surface area contributed by atoms with Crippen LogP contribution in [-0.2, 0) is 19.1 Å². The third kappa shape index (κ3) is 4.03. The lowest BCUT2D eigenvalue weighted by Crippen LogP contribution is -2.54. The molecular formula is C29H35N3O5. The van der Waals surface area contributed by atoms with Gasteiger partial charge in [0.2, 0.25) is 17.7 Å². The van der Waals surface area contributed by atoms with Gasteiger partial charge >= 0.3 is 0 Å². The minimum atomic E-state index is -1.13. The van der Waals surface area contributed by atoms with E-state index in [9.17, 15) is 19.5 Å². The number of benzene rings is 2. The Labute approximate surface area is 217 Å². The molecule has 196 valence electrons. The molecule has 3 heterocycles. The summed E-state index contributed by atoms with van der Waals surface area (Å²) in [6.45, 7) is 5.98. The minimum Gasteiger partial charge on any atom is -0.394 e. The zero-order valence-electron chi connectivity index (χ0n) is 21.6. The predicted molar refractivity (Wildman–Crippen MR) is 139 cm³/mol. The number of anilines is 1. The lowest BCUT2D eigenvalue weighted by atomic mass is 9.70. The van der Waals surface area contributed by atoms with Crippen molar-refractivity contribution < 1.29 is 24.2 Å². The zero-order valence-corrected chi connectivity index (χ0v) is 21.6. The first kappa shape index (κ1) is 25.4. The molecule has 2 aromatic carbocycles. The van der Waals surface area contributed by atoms with Crippen LogP contribution in [0, 0.1) is 25.7 Å². The van der Waals surface area contributed by atoms with E-state index in [1.54, 1.807) is 0 Å². The van der Waals surface area contributed by atoms with E-state index >= 15 is 0 Å². The molecule has 2 unspecified atom stereocenters. The Morgan fingerprint density at radius 2 is 1.81 bits per heavy atom. The van der Waals surface area contributed by atoms with Gasteiger partial charge in [-0.05, 0) is 49.8 Å². The van der Waals surface area contributed by atoms with Crippen molar-refractivity contribution in [3.8, 4) is 0 Å². The summed E-state index contributed by atoms with van der Waals surface area (Å²) in [5.41, 5.74) is 2.12. The number of nitrogens with zero attached hydrogens (tertiary/aromatic N) is 1. The molecule has 6 atom stereocenters. The van der Waals surface area contributed by atoms with E-state index in [0.29, 0.717) is 25.1 Å². The highest BCUT2D eigenvalue weighted by molar-refractivity contribution is 6.04. The summed E-state index contributed by atoms with van der Waals surface area (Å²) in [5.74, 6) is -2.33. The molecule has 0 aromatic heterocycles. The van der Waals surface area contributed by atoms with Gasteiger partial charge in [-0.2, -0.15) is 0 Å². The molecule has 3 amide bonds. The van der Waals surface area contributed by atoms with Gasteiger partial charge in [-0.25, -0.2) is 0 Å². The SMILES string of the molecule is CCCNC(=O)[C@@H]1[C@@H]2CCC3(O2)C(C(=O)Nc2c(C)cccc2C)N([C@H](CO)c2ccccc2)C(=O)[C@H]13. The standard InChI is InChI=1S/C29H35N3O5/c1-4-15-30-26(34)22-21-13-14-29(37-21)23(22)28(36)32(20(16-33)19-11-6-5-7-12-19)25(29)27(35)31-24-17(2)9-8-10-18(24)3/h5-12,20-23,25,33H,4,13-16H2,1-3H3,(H,30,34)(H,31,35)/t20-,21+,22-,23+,25?,29?/m1/s1. The number of carbonyl (C=O) groups is 3. The van der Waals surface area contributed by atoms with E-state index in [-0.39, 0.29) is 24.3 Å². The molecule has 0 saturated carbocycles. The summed E-state index contributed by atoms with van der Waals surface area (Å²) in [7, 11) is 0. The number of likely N-dealkylation sites (tertiary alicyclic amines) is 1. The summed E-state index contributed by atoms with van der Waals surface area (Å²) in [4.78, 5) is 43.1. The Hall–Kier alpha value is -3.23. The maximum Gasteiger partial charge on any atom is 0.250 e. The van der Waals surface area contributed by atoms with Crippen LogP contribution in [0.5, 0.6) is 0 Å². The Bertz CT molecular complexity index is 1180. The van der Waals surface area contributed by atoms with Crippen LogP contribution in [0.25, 0.3) is 0 Å². The maximum absolute atomic E-state index is 14.2. The number of hydrogen-bond acceptors (Lipinski definition) is 5. The Morgan fingerprint density at radius 1 is 1.11 bits per heavy atom. The van der Waals surface area contributed by atoms with Gasteiger partial charge in [-0.1, -0.05) is 55.5 Å². The number of rotatable bonds is 8. The van der Waals surface area contributed by atoms with E-state index in [0.717, 1.165) is 23.1 Å². The number of aliphatic hydroxyl groups excluding tert-OH is 1. The summed E-state index contributed by atoms with van der Waals surface area (Å²) in [6, 6.07) is 13.3. The molecule has 8 nitrogen and oxygen atoms in total. The largest absolute Gasteiger partial charge is 0.394 e. The van der Waals surface area contributed by atoms with Gasteiger partial charge < -0.3 is 25.4 Å². The number of para-hydroxylation sites is 1. The number of aliphatic hydroxyl groups is 1. The van der Waals surface area contributed by atoms with Crippen LogP contribution in [0.3, 0.4) is 0 Å².